The van der Waals surface area contributed by atoms with Crippen LogP contribution >= 0.6 is 0 Å². The normalized spacial score (nSPS) is 19.0. The molecule has 1 heterocycles. The minimum atomic E-state index is -3.59. The number of anilines is 2. The van der Waals surface area contributed by atoms with E-state index in [0.29, 0.717) is 17.9 Å². The van der Waals surface area contributed by atoms with E-state index >= 15 is 0 Å². The molecule has 1 aliphatic rings. The summed E-state index contributed by atoms with van der Waals surface area (Å²) in [5.41, 5.74) is 7.19. The summed E-state index contributed by atoms with van der Waals surface area (Å²) in [5, 5.41) is 7.04. The molecule has 3 rings (SSSR count). The summed E-state index contributed by atoms with van der Waals surface area (Å²) in [6.07, 6.45) is 0.169. The molecule has 2 aromatic rings. The van der Waals surface area contributed by atoms with E-state index in [1.165, 1.54) is 0 Å². The van der Waals surface area contributed by atoms with Crippen molar-refractivity contribution >= 4 is 38.1 Å². The number of nitrogens with zero attached hydrogens (tertiary/aromatic N) is 1. The fourth-order valence-electron chi connectivity index (χ4n) is 2.93. The lowest BCUT2D eigenvalue weighted by atomic mass is 10.1. The van der Waals surface area contributed by atoms with Crippen LogP contribution in [0.2, 0.25) is 0 Å². The van der Waals surface area contributed by atoms with Crippen LogP contribution in [0.15, 0.2) is 36.4 Å². The lowest BCUT2D eigenvalue weighted by molar-refractivity contribution is -0.117. The average Bonchev–Trinajstić information content (AvgIpc) is 2.76. The highest BCUT2D eigenvalue weighted by Crippen LogP contribution is 2.33. The molecule has 1 amide bonds. The van der Waals surface area contributed by atoms with Crippen molar-refractivity contribution in [1.82, 2.24) is 0 Å². The Morgan fingerprint density at radius 3 is 2.45 bits per heavy atom. The van der Waals surface area contributed by atoms with Crippen LogP contribution in [0.25, 0.3) is 10.8 Å². The molecule has 116 valence electrons. The molecule has 2 aromatic carbocycles. The molecule has 1 unspecified atom stereocenters. The maximum Gasteiger partial charge on any atom is 0.227 e. The molecular weight excluding hydrogens is 302 g/mol. The van der Waals surface area contributed by atoms with Gasteiger partial charge in [-0.1, -0.05) is 24.3 Å². The molecule has 4 N–H and O–H groups in total. The molecule has 1 saturated heterocycles. The second kappa shape index (κ2) is 5.26. The monoisotopic (exact) mass is 319 g/mol. The first-order valence-corrected chi connectivity index (χ1v) is 8.64. The quantitative estimate of drug-likeness (QED) is 0.825. The van der Waals surface area contributed by atoms with Gasteiger partial charge >= 0.3 is 0 Å². The summed E-state index contributed by atoms with van der Waals surface area (Å²) in [4.78, 5) is 13.7. The topological polar surface area (TPSA) is 106 Å². The van der Waals surface area contributed by atoms with Gasteiger partial charge in [0, 0.05) is 18.9 Å². The van der Waals surface area contributed by atoms with Crippen molar-refractivity contribution in [3.8, 4) is 0 Å². The van der Waals surface area contributed by atoms with Gasteiger partial charge in [0.2, 0.25) is 15.9 Å². The number of amides is 1. The Kier molecular flexibility index (Phi) is 3.54. The van der Waals surface area contributed by atoms with Gasteiger partial charge in [-0.05, 0) is 22.9 Å². The number of nitrogens with two attached hydrogens (primary N) is 2. The molecule has 1 atom stereocenters. The fraction of sp³-hybridized carbons (Fsp3) is 0.267. The van der Waals surface area contributed by atoms with Crippen LogP contribution in [0.5, 0.6) is 0 Å². The van der Waals surface area contributed by atoms with Crippen molar-refractivity contribution in [3.63, 3.8) is 0 Å². The van der Waals surface area contributed by atoms with Gasteiger partial charge in [-0.3, -0.25) is 4.79 Å². The molecule has 1 aliphatic heterocycles. The highest BCUT2D eigenvalue weighted by Gasteiger charge is 2.33. The molecular formula is C15H17N3O3S. The van der Waals surface area contributed by atoms with Gasteiger partial charge < -0.3 is 10.6 Å². The van der Waals surface area contributed by atoms with Crippen molar-refractivity contribution in [2.24, 2.45) is 11.1 Å². The van der Waals surface area contributed by atoms with E-state index in [-0.39, 0.29) is 24.0 Å². The predicted octanol–water partition coefficient (Wildman–Crippen LogP) is 1.06. The van der Waals surface area contributed by atoms with E-state index in [1.54, 1.807) is 4.90 Å². The Balaban J connectivity index is 1.94. The second-order valence-electron chi connectivity index (χ2n) is 5.66. The van der Waals surface area contributed by atoms with Crippen LogP contribution in [-0.2, 0) is 14.8 Å². The molecule has 0 spiro atoms. The Hall–Kier alpha value is -2.12. The minimum absolute atomic E-state index is 0.129. The van der Waals surface area contributed by atoms with E-state index in [1.807, 2.05) is 36.4 Å². The van der Waals surface area contributed by atoms with Crippen LogP contribution in [0.1, 0.15) is 6.42 Å². The Morgan fingerprint density at radius 1 is 1.18 bits per heavy atom. The number of primary sulfonamides is 1. The zero-order valence-electron chi connectivity index (χ0n) is 11.9. The number of fused-ring (bicyclic) bond motifs is 1. The summed E-state index contributed by atoms with van der Waals surface area (Å²) in [7, 11) is -3.59. The van der Waals surface area contributed by atoms with Gasteiger partial charge in [-0.25, -0.2) is 13.6 Å². The van der Waals surface area contributed by atoms with Gasteiger partial charge in [-0.15, -0.1) is 0 Å². The smallest absolute Gasteiger partial charge is 0.227 e. The van der Waals surface area contributed by atoms with Gasteiger partial charge in [0.05, 0.1) is 17.1 Å². The number of carbonyl (C=O) groups excluding carboxylic acids is 1. The minimum Gasteiger partial charge on any atom is -0.397 e. The number of benzene rings is 2. The standard InChI is InChI=1S/C15H17N3O3S/c16-13-6-11-3-1-2-4-12(11)7-14(13)18-8-10(5-15(18)19)9-22(17,20)21/h1-4,6-7,10H,5,8-9,16H2,(H2,17,20,21). The number of sulfonamides is 1. The molecule has 6 nitrogen and oxygen atoms in total. The summed E-state index contributed by atoms with van der Waals surface area (Å²) in [6.45, 7) is 0.317. The predicted molar refractivity (Wildman–Crippen MR) is 86.8 cm³/mol. The molecule has 0 radical (unpaired) electrons. The highest BCUT2D eigenvalue weighted by atomic mass is 32.2. The van der Waals surface area contributed by atoms with Crippen LogP contribution in [0.3, 0.4) is 0 Å². The number of hydrogen-bond donors (Lipinski definition) is 2. The van der Waals surface area contributed by atoms with Gasteiger partial charge in [0.15, 0.2) is 0 Å². The zero-order valence-corrected chi connectivity index (χ0v) is 12.7. The Labute approximate surface area is 128 Å². The molecule has 7 heteroatoms. The van der Waals surface area contributed by atoms with Crippen molar-refractivity contribution in [3.05, 3.63) is 36.4 Å². The zero-order chi connectivity index (χ0) is 15.9. The number of carbonyl (C=O) groups is 1. The van der Waals surface area contributed by atoms with Crippen LogP contribution < -0.4 is 15.8 Å². The largest absolute Gasteiger partial charge is 0.397 e. The van der Waals surface area contributed by atoms with Crippen molar-refractivity contribution in [2.75, 3.05) is 22.9 Å². The first-order chi connectivity index (χ1) is 10.3. The van der Waals surface area contributed by atoms with Crippen molar-refractivity contribution < 1.29 is 13.2 Å². The van der Waals surface area contributed by atoms with E-state index in [9.17, 15) is 13.2 Å². The summed E-state index contributed by atoms with van der Waals surface area (Å²) < 4.78 is 22.4. The fourth-order valence-corrected chi connectivity index (χ4v) is 3.81. The molecule has 0 aliphatic carbocycles. The van der Waals surface area contributed by atoms with Gasteiger partial charge in [0.1, 0.15) is 0 Å². The Morgan fingerprint density at radius 2 is 1.82 bits per heavy atom. The van der Waals surface area contributed by atoms with Crippen LogP contribution in [-0.4, -0.2) is 26.6 Å². The summed E-state index contributed by atoms with van der Waals surface area (Å²) >= 11 is 0. The highest BCUT2D eigenvalue weighted by molar-refractivity contribution is 7.89. The first kappa shape index (κ1) is 14.8. The molecule has 1 fully saturated rings. The maximum atomic E-state index is 12.2. The lowest BCUT2D eigenvalue weighted by Gasteiger charge is -2.19. The summed E-state index contributed by atoms with van der Waals surface area (Å²) in [5.74, 6) is -0.619. The van der Waals surface area contributed by atoms with E-state index in [4.69, 9.17) is 10.9 Å². The number of hydrogen-bond acceptors (Lipinski definition) is 4. The van der Waals surface area contributed by atoms with E-state index in [2.05, 4.69) is 0 Å². The Bertz CT molecular complexity index is 848. The van der Waals surface area contributed by atoms with Crippen molar-refractivity contribution in [2.45, 2.75) is 6.42 Å². The SMILES string of the molecule is Nc1cc2ccccc2cc1N1CC(CS(N)(=O)=O)CC1=O. The molecule has 0 saturated carbocycles. The third-order valence-corrected chi connectivity index (χ3v) is 4.79. The third kappa shape index (κ3) is 2.90. The van der Waals surface area contributed by atoms with Crippen LogP contribution in [0, 0.1) is 5.92 Å². The second-order valence-corrected chi connectivity index (χ2v) is 7.32. The van der Waals surface area contributed by atoms with Crippen LogP contribution in [0.4, 0.5) is 11.4 Å². The average molecular weight is 319 g/mol. The number of rotatable bonds is 3. The third-order valence-electron chi connectivity index (χ3n) is 3.86. The number of nitrogen functional groups attached to an aromatic ring is 1. The maximum absolute atomic E-state index is 12.2. The molecule has 0 bridgehead atoms. The van der Waals surface area contributed by atoms with E-state index in [0.717, 1.165) is 10.8 Å². The molecule has 0 aromatic heterocycles. The summed E-state index contributed by atoms with van der Waals surface area (Å²) in [6, 6.07) is 11.4. The van der Waals surface area contributed by atoms with Gasteiger partial charge in [0.25, 0.3) is 0 Å². The van der Waals surface area contributed by atoms with Gasteiger partial charge in [-0.2, -0.15) is 0 Å². The molecule has 22 heavy (non-hydrogen) atoms. The van der Waals surface area contributed by atoms with E-state index < -0.39 is 10.0 Å². The van der Waals surface area contributed by atoms with Crippen molar-refractivity contribution in [1.29, 1.82) is 0 Å². The lowest BCUT2D eigenvalue weighted by Crippen LogP contribution is -2.28. The first-order valence-electron chi connectivity index (χ1n) is 6.92.